The van der Waals surface area contributed by atoms with Gasteiger partial charge in [0.15, 0.2) is 5.82 Å². The fourth-order valence-electron chi connectivity index (χ4n) is 1.60. The first kappa shape index (κ1) is 15.6. The first-order chi connectivity index (χ1) is 9.91. The highest BCUT2D eigenvalue weighted by Gasteiger charge is 2.31. The van der Waals surface area contributed by atoms with Crippen molar-refractivity contribution >= 4 is 11.6 Å². The summed E-state index contributed by atoms with van der Waals surface area (Å²) < 4.78 is 56.6. The van der Waals surface area contributed by atoms with Gasteiger partial charge in [-0.1, -0.05) is 11.6 Å². The molecule has 0 saturated carbocycles. The molecular weight excluding hydrogens is 314 g/mol. The van der Waals surface area contributed by atoms with Crippen molar-refractivity contribution in [2.24, 2.45) is 0 Å². The van der Waals surface area contributed by atoms with Crippen molar-refractivity contribution in [3.8, 4) is 5.75 Å². The molecule has 0 bridgehead atoms. The van der Waals surface area contributed by atoms with Crippen LogP contribution < -0.4 is 4.74 Å². The predicted octanol–water partition coefficient (Wildman–Crippen LogP) is 3.50. The van der Waals surface area contributed by atoms with Crippen LogP contribution in [0.2, 0.25) is 5.02 Å². The summed E-state index contributed by atoms with van der Waals surface area (Å²) in [7, 11) is 0. The number of alkyl halides is 4. The number of nitrogens with zero attached hydrogens (tertiary/aromatic N) is 3. The lowest BCUT2D eigenvalue weighted by Crippen LogP contribution is -2.10. The Balaban J connectivity index is 2.14. The monoisotopic (exact) mass is 323 g/mol. The van der Waals surface area contributed by atoms with Crippen molar-refractivity contribution in [2.75, 3.05) is 6.67 Å². The summed E-state index contributed by atoms with van der Waals surface area (Å²) in [6, 6.07) is 2.77. The minimum absolute atomic E-state index is 0.00494. The number of rotatable bonds is 5. The Morgan fingerprint density at radius 3 is 2.71 bits per heavy atom. The van der Waals surface area contributed by atoms with Gasteiger partial charge in [-0.05, 0) is 18.2 Å². The third-order valence-corrected chi connectivity index (χ3v) is 2.92. The second-order valence-corrected chi connectivity index (χ2v) is 4.43. The molecule has 114 valence electrons. The number of hydrogen-bond acceptors (Lipinski definition) is 3. The molecule has 0 atom stereocenters. The van der Waals surface area contributed by atoms with Gasteiger partial charge in [0.25, 0.3) is 0 Å². The topological polar surface area (TPSA) is 39.9 Å². The minimum Gasteiger partial charge on any atom is -0.484 e. The number of ether oxygens (including phenoxy) is 1. The molecule has 9 heteroatoms. The Bertz CT molecular complexity index is 615. The van der Waals surface area contributed by atoms with Crippen molar-refractivity contribution in [3.05, 3.63) is 40.9 Å². The molecule has 0 unspecified atom stereocenters. The van der Waals surface area contributed by atoms with Gasteiger partial charge in [0.05, 0.1) is 17.1 Å². The maximum absolute atomic E-state index is 12.6. The molecule has 1 aromatic heterocycles. The lowest BCUT2D eigenvalue weighted by molar-refractivity contribution is -0.137. The normalized spacial score (nSPS) is 11.7. The van der Waals surface area contributed by atoms with Crippen LogP contribution in [-0.2, 0) is 19.3 Å². The summed E-state index contributed by atoms with van der Waals surface area (Å²) in [6.07, 6.45) is -3.28. The molecule has 0 radical (unpaired) electrons. The van der Waals surface area contributed by atoms with Gasteiger partial charge in [0.1, 0.15) is 25.4 Å². The maximum Gasteiger partial charge on any atom is 0.416 e. The van der Waals surface area contributed by atoms with E-state index in [0.29, 0.717) is 5.82 Å². The van der Waals surface area contributed by atoms with Gasteiger partial charge in [-0.15, -0.1) is 0 Å². The first-order valence-electron chi connectivity index (χ1n) is 5.84. The van der Waals surface area contributed by atoms with Gasteiger partial charge < -0.3 is 4.74 Å². The Morgan fingerprint density at radius 2 is 2.05 bits per heavy atom. The van der Waals surface area contributed by atoms with Crippen molar-refractivity contribution in [1.82, 2.24) is 14.8 Å². The van der Waals surface area contributed by atoms with Crippen LogP contribution in [0.3, 0.4) is 0 Å². The Morgan fingerprint density at radius 1 is 1.29 bits per heavy atom. The highest BCUT2D eigenvalue weighted by atomic mass is 35.5. The predicted molar refractivity (Wildman–Crippen MR) is 66.8 cm³/mol. The molecule has 0 saturated heterocycles. The van der Waals surface area contributed by atoms with Crippen LogP contribution in [0.25, 0.3) is 0 Å². The van der Waals surface area contributed by atoms with Crippen LogP contribution in [0.4, 0.5) is 17.6 Å². The summed E-state index contributed by atoms with van der Waals surface area (Å²) in [5, 5.41) is 3.81. The SMILES string of the molecule is FCCn1ncnc1COc1cc(C(F)(F)F)ccc1Cl. The van der Waals surface area contributed by atoms with Crippen LogP contribution in [0, 0.1) is 0 Å². The van der Waals surface area contributed by atoms with Gasteiger partial charge in [0, 0.05) is 0 Å². The average Bonchev–Trinajstić information content (AvgIpc) is 2.84. The number of benzene rings is 1. The smallest absolute Gasteiger partial charge is 0.416 e. The van der Waals surface area contributed by atoms with Gasteiger partial charge in [-0.2, -0.15) is 18.3 Å². The standard InChI is InChI=1S/C12H10ClF4N3O/c13-9-2-1-8(12(15,16)17)5-10(9)21-6-11-18-7-19-20(11)4-3-14/h1-2,5,7H,3-4,6H2. The van der Waals surface area contributed by atoms with Crippen LogP contribution in [0.5, 0.6) is 5.75 Å². The summed E-state index contributed by atoms with van der Waals surface area (Å²) >= 11 is 5.79. The second kappa shape index (κ2) is 6.30. The van der Waals surface area contributed by atoms with Gasteiger partial charge in [-0.25, -0.2) is 14.1 Å². The van der Waals surface area contributed by atoms with E-state index in [1.54, 1.807) is 0 Å². The second-order valence-electron chi connectivity index (χ2n) is 4.02. The van der Waals surface area contributed by atoms with E-state index in [-0.39, 0.29) is 23.9 Å². The molecule has 0 aliphatic carbocycles. The number of hydrogen-bond donors (Lipinski definition) is 0. The lowest BCUT2D eigenvalue weighted by Gasteiger charge is -2.12. The van der Waals surface area contributed by atoms with Crippen LogP contribution in [0.1, 0.15) is 11.4 Å². The van der Waals surface area contributed by atoms with E-state index in [1.165, 1.54) is 11.0 Å². The highest BCUT2D eigenvalue weighted by molar-refractivity contribution is 6.32. The lowest BCUT2D eigenvalue weighted by atomic mass is 10.2. The molecule has 1 heterocycles. The quantitative estimate of drug-likeness (QED) is 0.791. The molecule has 2 aromatic rings. The summed E-state index contributed by atoms with van der Waals surface area (Å²) in [6.45, 7) is -0.809. The summed E-state index contributed by atoms with van der Waals surface area (Å²) in [5.41, 5.74) is -0.868. The molecule has 0 amide bonds. The molecule has 0 aliphatic rings. The first-order valence-corrected chi connectivity index (χ1v) is 6.22. The molecule has 21 heavy (non-hydrogen) atoms. The average molecular weight is 324 g/mol. The number of aryl methyl sites for hydroxylation is 1. The summed E-state index contributed by atoms with van der Waals surface area (Å²) in [5.74, 6) is 0.169. The Hall–Kier alpha value is -1.83. The van der Waals surface area contributed by atoms with Gasteiger partial charge >= 0.3 is 6.18 Å². The molecule has 0 N–H and O–H groups in total. The van der Waals surface area contributed by atoms with Gasteiger partial charge in [-0.3, -0.25) is 0 Å². The fourth-order valence-corrected chi connectivity index (χ4v) is 1.77. The van der Waals surface area contributed by atoms with E-state index in [9.17, 15) is 17.6 Å². The van der Waals surface area contributed by atoms with E-state index in [2.05, 4.69) is 10.1 Å². The maximum atomic E-state index is 12.6. The fraction of sp³-hybridized carbons (Fsp3) is 0.333. The minimum atomic E-state index is -4.49. The summed E-state index contributed by atoms with van der Waals surface area (Å²) in [4.78, 5) is 3.85. The van der Waals surface area contributed by atoms with E-state index < -0.39 is 18.4 Å². The Kier molecular flexibility index (Phi) is 4.66. The largest absolute Gasteiger partial charge is 0.484 e. The van der Waals surface area contributed by atoms with Crippen molar-refractivity contribution in [3.63, 3.8) is 0 Å². The van der Waals surface area contributed by atoms with E-state index >= 15 is 0 Å². The van der Waals surface area contributed by atoms with E-state index in [0.717, 1.165) is 18.2 Å². The molecule has 4 nitrogen and oxygen atoms in total. The Labute approximate surface area is 122 Å². The molecule has 1 aromatic carbocycles. The van der Waals surface area contributed by atoms with E-state index in [4.69, 9.17) is 16.3 Å². The third kappa shape index (κ3) is 3.84. The number of halogens is 5. The molecule has 0 aliphatic heterocycles. The highest BCUT2D eigenvalue weighted by Crippen LogP contribution is 2.35. The molecule has 2 rings (SSSR count). The zero-order valence-electron chi connectivity index (χ0n) is 10.6. The molecule has 0 spiro atoms. The van der Waals surface area contributed by atoms with Crippen molar-refractivity contribution in [2.45, 2.75) is 19.3 Å². The molecular formula is C12H10ClF4N3O. The van der Waals surface area contributed by atoms with Crippen LogP contribution in [0.15, 0.2) is 24.5 Å². The van der Waals surface area contributed by atoms with E-state index in [1.807, 2.05) is 0 Å². The van der Waals surface area contributed by atoms with Gasteiger partial charge in [0.2, 0.25) is 0 Å². The van der Waals surface area contributed by atoms with Crippen LogP contribution >= 0.6 is 11.6 Å². The van der Waals surface area contributed by atoms with Crippen molar-refractivity contribution in [1.29, 1.82) is 0 Å². The zero-order chi connectivity index (χ0) is 15.5. The molecule has 0 fully saturated rings. The zero-order valence-corrected chi connectivity index (χ0v) is 11.3. The van der Waals surface area contributed by atoms with Crippen molar-refractivity contribution < 1.29 is 22.3 Å². The third-order valence-electron chi connectivity index (χ3n) is 2.61. The van der Waals surface area contributed by atoms with Crippen LogP contribution in [-0.4, -0.2) is 21.4 Å². The number of aromatic nitrogens is 3.